The molecule has 0 aromatic heterocycles. The molecule has 0 unspecified atom stereocenters. The third kappa shape index (κ3) is 3.11. The van der Waals surface area contributed by atoms with Crippen LogP contribution in [0.2, 0.25) is 5.02 Å². The van der Waals surface area contributed by atoms with Gasteiger partial charge in [-0.3, -0.25) is 4.57 Å². The summed E-state index contributed by atoms with van der Waals surface area (Å²) in [7, 11) is -1.17. The van der Waals surface area contributed by atoms with Gasteiger partial charge in [0.05, 0.1) is 0 Å². The van der Waals surface area contributed by atoms with Crippen molar-refractivity contribution < 1.29 is 18.7 Å². The van der Waals surface area contributed by atoms with E-state index < -0.39 is 13.1 Å². The predicted octanol–water partition coefficient (Wildman–Crippen LogP) is 4.07. The highest BCUT2D eigenvalue weighted by molar-refractivity contribution is 7.58. The number of benzene rings is 1. The van der Waals surface area contributed by atoms with E-state index in [9.17, 15) is 9.67 Å². The normalized spacial score (nSPS) is 13.4. The minimum Gasteiger partial charge on any atom is -0.501 e. The number of halogens is 1. The third-order valence-electron chi connectivity index (χ3n) is 2.35. The first kappa shape index (κ1) is 14.3. The summed E-state index contributed by atoms with van der Waals surface area (Å²) in [5, 5.41) is 10.5. The Morgan fingerprint density at radius 3 is 2.12 bits per heavy atom. The van der Waals surface area contributed by atoms with Crippen molar-refractivity contribution in [2.45, 2.75) is 6.92 Å². The molecule has 0 saturated heterocycles. The molecule has 0 atom stereocenters. The molecule has 0 spiro atoms. The lowest BCUT2D eigenvalue weighted by molar-refractivity contribution is 0.262. The minimum atomic E-state index is -3.60. The van der Waals surface area contributed by atoms with E-state index in [1.54, 1.807) is 31.2 Å². The molecule has 0 saturated carbocycles. The van der Waals surface area contributed by atoms with Gasteiger partial charge in [-0.15, -0.1) is 0 Å². The fraction of sp³-hybridized carbons (Fsp3) is 0.273. The van der Waals surface area contributed by atoms with Crippen LogP contribution in [-0.2, 0) is 13.6 Å². The molecule has 0 bridgehead atoms. The molecule has 4 nitrogen and oxygen atoms in total. The molecule has 17 heavy (non-hydrogen) atoms. The van der Waals surface area contributed by atoms with E-state index in [2.05, 4.69) is 0 Å². The van der Waals surface area contributed by atoms with E-state index in [1.165, 1.54) is 14.2 Å². The standard InChI is InChI=1S/C11H14ClO4P/c1-8(9-4-6-10(12)7-5-9)11(13)17(14,15-2)16-3/h4-7,13H,1-3H3/b11-8+. The Labute approximate surface area is 105 Å². The Hall–Kier alpha value is -0.800. The smallest absolute Gasteiger partial charge is 0.395 e. The van der Waals surface area contributed by atoms with Gasteiger partial charge in [0.25, 0.3) is 0 Å². The van der Waals surface area contributed by atoms with Crippen LogP contribution in [-0.4, -0.2) is 19.3 Å². The highest BCUT2D eigenvalue weighted by Crippen LogP contribution is 2.55. The maximum atomic E-state index is 12.0. The van der Waals surface area contributed by atoms with Gasteiger partial charge in [-0.05, 0) is 24.6 Å². The van der Waals surface area contributed by atoms with Gasteiger partial charge in [0, 0.05) is 24.8 Å². The van der Waals surface area contributed by atoms with Crippen LogP contribution in [0.3, 0.4) is 0 Å². The van der Waals surface area contributed by atoms with Crippen LogP contribution in [0.4, 0.5) is 0 Å². The average Bonchev–Trinajstić information content (AvgIpc) is 2.37. The SMILES string of the molecule is COP(=O)(OC)/C(O)=C(\C)c1ccc(Cl)cc1. The first-order valence-electron chi connectivity index (χ1n) is 4.82. The third-order valence-corrected chi connectivity index (χ3v) is 4.42. The summed E-state index contributed by atoms with van der Waals surface area (Å²) in [6.45, 7) is 1.63. The van der Waals surface area contributed by atoms with Crippen molar-refractivity contribution in [2.24, 2.45) is 0 Å². The maximum absolute atomic E-state index is 12.0. The van der Waals surface area contributed by atoms with Gasteiger partial charge in [-0.2, -0.15) is 0 Å². The second-order valence-corrected chi connectivity index (χ2v) is 5.90. The summed E-state index contributed by atoms with van der Waals surface area (Å²) in [4.78, 5) is 0. The van der Waals surface area contributed by atoms with Crippen molar-refractivity contribution in [3.63, 3.8) is 0 Å². The second-order valence-electron chi connectivity index (χ2n) is 3.32. The fourth-order valence-electron chi connectivity index (χ4n) is 1.28. The summed E-state index contributed by atoms with van der Waals surface area (Å²) in [5.41, 5.74) is 0.722. The number of rotatable bonds is 4. The zero-order chi connectivity index (χ0) is 13.1. The van der Waals surface area contributed by atoms with Crippen molar-refractivity contribution in [3.8, 4) is 0 Å². The Morgan fingerprint density at radius 1 is 1.24 bits per heavy atom. The Kier molecular flexibility index (Phi) is 4.78. The molecule has 94 valence electrons. The van der Waals surface area contributed by atoms with E-state index in [0.29, 0.717) is 16.2 Å². The largest absolute Gasteiger partial charge is 0.501 e. The first-order chi connectivity index (χ1) is 7.94. The zero-order valence-electron chi connectivity index (χ0n) is 9.81. The predicted molar refractivity (Wildman–Crippen MR) is 68.3 cm³/mol. The minimum absolute atomic E-state index is 0.398. The van der Waals surface area contributed by atoms with E-state index >= 15 is 0 Å². The number of aliphatic hydroxyl groups is 1. The molecule has 0 amide bonds. The van der Waals surface area contributed by atoms with Gasteiger partial charge in [0.15, 0.2) is 0 Å². The lowest BCUT2D eigenvalue weighted by Gasteiger charge is -2.15. The van der Waals surface area contributed by atoms with Gasteiger partial charge < -0.3 is 14.2 Å². The highest BCUT2D eigenvalue weighted by atomic mass is 35.5. The van der Waals surface area contributed by atoms with Crippen LogP contribution in [0.15, 0.2) is 29.8 Å². The first-order valence-corrected chi connectivity index (χ1v) is 6.74. The molecule has 6 heteroatoms. The Balaban J connectivity index is 3.21. The topological polar surface area (TPSA) is 55.8 Å². The van der Waals surface area contributed by atoms with Crippen LogP contribution in [0.1, 0.15) is 12.5 Å². The Morgan fingerprint density at radius 2 is 1.71 bits per heavy atom. The van der Waals surface area contributed by atoms with Crippen LogP contribution in [0.25, 0.3) is 5.57 Å². The lowest BCUT2D eigenvalue weighted by Crippen LogP contribution is -1.95. The van der Waals surface area contributed by atoms with Crippen LogP contribution in [0.5, 0.6) is 0 Å². The number of hydrogen-bond acceptors (Lipinski definition) is 4. The lowest BCUT2D eigenvalue weighted by atomic mass is 10.1. The molecule has 1 aromatic carbocycles. The molecule has 0 fully saturated rings. The molecule has 1 aromatic rings. The van der Waals surface area contributed by atoms with Crippen molar-refractivity contribution in [1.82, 2.24) is 0 Å². The molecule has 1 rings (SSSR count). The summed E-state index contributed by atoms with van der Waals surface area (Å²) in [6.07, 6.45) is 0. The van der Waals surface area contributed by atoms with E-state index in [1.807, 2.05) is 0 Å². The van der Waals surface area contributed by atoms with Crippen molar-refractivity contribution in [1.29, 1.82) is 0 Å². The van der Waals surface area contributed by atoms with E-state index in [0.717, 1.165) is 0 Å². The molecular weight excluding hydrogens is 263 g/mol. The van der Waals surface area contributed by atoms with Crippen molar-refractivity contribution >= 4 is 24.8 Å². The van der Waals surface area contributed by atoms with E-state index in [4.69, 9.17) is 20.6 Å². The highest BCUT2D eigenvalue weighted by Gasteiger charge is 2.29. The molecule has 1 N–H and O–H groups in total. The quantitative estimate of drug-likeness (QED) is 0.665. The zero-order valence-corrected chi connectivity index (χ0v) is 11.5. The molecule has 0 aliphatic heterocycles. The van der Waals surface area contributed by atoms with Gasteiger partial charge in [0.2, 0.25) is 5.50 Å². The number of aliphatic hydroxyl groups excluding tert-OH is 1. The summed E-state index contributed by atoms with van der Waals surface area (Å²) >= 11 is 5.76. The molecule has 0 aliphatic carbocycles. The molecule has 0 heterocycles. The monoisotopic (exact) mass is 276 g/mol. The van der Waals surface area contributed by atoms with Crippen molar-refractivity contribution in [3.05, 3.63) is 40.4 Å². The summed E-state index contributed by atoms with van der Waals surface area (Å²) in [5.74, 6) is 0. The van der Waals surface area contributed by atoms with Crippen LogP contribution < -0.4 is 0 Å². The van der Waals surface area contributed by atoms with Crippen LogP contribution >= 0.6 is 19.2 Å². The van der Waals surface area contributed by atoms with Gasteiger partial charge >= 0.3 is 7.60 Å². The fourth-order valence-corrected chi connectivity index (χ4v) is 2.44. The van der Waals surface area contributed by atoms with Gasteiger partial charge in [-0.25, -0.2) is 0 Å². The van der Waals surface area contributed by atoms with Gasteiger partial charge in [0.1, 0.15) is 0 Å². The van der Waals surface area contributed by atoms with E-state index in [-0.39, 0.29) is 0 Å². The van der Waals surface area contributed by atoms with Crippen molar-refractivity contribution in [2.75, 3.05) is 14.2 Å². The average molecular weight is 277 g/mol. The number of allylic oxidation sites excluding steroid dienone is 1. The molecule has 0 aliphatic rings. The van der Waals surface area contributed by atoms with Gasteiger partial charge in [-0.1, -0.05) is 23.7 Å². The summed E-state index contributed by atoms with van der Waals surface area (Å²) in [6, 6.07) is 6.78. The number of hydrogen-bond donors (Lipinski definition) is 1. The summed E-state index contributed by atoms with van der Waals surface area (Å²) < 4.78 is 21.4. The molecular formula is C11H14ClO4P. The van der Waals surface area contributed by atoms with Crippen LogP contribution in [0, 0.1) is 0 Å². The Bertz CT molecular complexity index is 459. The maximum Gasteiger partial charge on any atom is 0.395 e. The second kappa shape index (κ2) is 5.69. The molecule has 0 radical (unpaired) electrons.